The smallest absolute Gasteiger partial charge is 0.177 e. The zero-order chi connectivity index (χ0) is 18.1. The van der Waals surface area contributed by atoms with Crippen LogP contribution in [0.15, 0.2) is 29.4 Å². The molecule has 0 aliphatic carbocycles. The molecule has 5 nitrogen and oxygen atoms in total. The lowest BCUT2D eigenvalue weighted by molar-refractivity contribution is 0.101. The number of Topliss-reactive ketones (excluding diaryl/α,β-unsaturated/α-hetero) is 1. The van der Waals surface area contributed by atoms with E-state index in [9.17, 15) is 17.6 Å². The lowest BCUT2D eigenvalue weighted by atomic mass is 10.00. The van der Waals surface area contributed by atoms with Crippen LogP contribution in [0.3, 0.4) is 0 Å². The van der Waals surface area contributed by atoms with Crippen molar-refractivity contribution in [3.8, 4) is 16.9 Å². The highest BCUT2D eigenvalue weighted by atomic mass is 35.5. The van der Waals surface area contributed by atoms with Gasteiger partial charge in [-0.3, -0.25) is 9.78 Å². The second-order valence-corrected chi connectivity index (χ2v) is 7.52. The van der Waals surface area contributed by atoms with E-state index in [1.165, 1.54) is 25.3 Å². The zero-order valence-electron chi connectivity index (χ0n) is 13.3. The first-order chi connectivity index (χ1) is 11.2. The van der Waals surface area contributed by atoms with Gasteiger partial charge in [0.05, 0.1) is 27.7 Å². The minimum atomic E-state index is -3.53. The van der Waals surface area contributed by atoms with Crippen LogP contribution in [0.5, 0.6) is 5.75 Å². The predicted octanol–water partition coefficient (Wildman–Crippen LogP) is 3.55. The number of ketones is 1. The number of ether oxygens (including phenoxy) is 1. The highest BCUT2D eigenvalue weighted by molar-refractivity contribution is 7.90. The molecule has 8 heteroatoms. The van der Waals surface area contributed by atoms with E-state index in [0.29, 0.717) is 0 Å². The molecule has 0 spiro atoms. The maximum atomic E-state index is 14.6. The van der Waals surface area contributed by atoms with Crippen LogP contribution in [0.4, 0.5) is 4.39 Å². The van der Waals surface area contributed by atoms with Crippen LogP contribution in [-0.2, 0) is 9.84 Å². The van der Waals surface area contributed by atoms with Crippen LogP contribution in [0, 0.1) is 5.82 Å². The van der Waals surface area contributed by atoms with Crippen LogP contribution in [-0.4, -0.2) is 32.0 Å². The molecule has 2 rings (SSSR count). The summed E-state index contributed by atoms with van der Waals surface area (Å²) in [5, 5.41) is -0.261. The van der Waals surface area contributed by atoms with Gasteiger partial charge in [-0.2, -0.15) is 0 Å². The first-order valence-electron chi connectivity index (χ1n) is 6.98. The Balaban J connectivity index is 2.85. The van der Waals surface area contributed by atoms with Gasteiger partial charge in [-0.25, -0.2) is 12.8 Å². The van der Waals surface area contributed by atoms with Crippen LogP contribution < -0.4 is 4.74 Å². The van der Waals surface area contributed by atoms with Crippen molar-refractivity contribution < 1.29 is 22.3 Å². The molecule has 24 heavy (non-hydrogen) atoms. The van der Waals surface area contributed by atoms with Gasteiger partial charge in [0.2, 0.25) is 0 Å². The van der Waals surface area contributed by atoms with Crippen molar-refractivity contribution in [2.75, 3.05) is 12.9 Å². The van der Waals surface area contributed by atoms with Crippen LogP contribution >= 0.6 is 11.6 Å². The highest BCUT2D eigenvalue weighted by Crippen LogP contribution is 2.40. The Morgan fingerprint density at radius 3 is 2.54 bits per heavy atom. The molecule has 1 heterocycles. The summed E-state index contributed by atoms with van der Waals surface area (Å²) < 4.78 is 43.5. The molecule has 1 aromatic carbocycles. The molecular weight excluding hydrogens is 357 g/mol. The number of benzene rings is 1. The standard InChI is InChI=1S/C16H15ClFNO4S/c1-4-23-16-12(9(2)20)6-13(17)15(18)14(16)10-5-11(8-19-7-10)24(3,21)22/h5-8H,4H2,1-3H3. The Kier molecular flexibility index (Phi) is 5.25. The Hall–Kier alpha value is -1.99. The number of nitrogens with zero attached hydrogens (tertiary/aromatic N) is 1. The molecule has 0 saturated heterocycles. The van der Waals surface area contributed by atoms with Crippen LogP contribution in [0.2, 0.25) is 5.02 Å². The molecule has 0 aliphatic rings. The van der Waals surface area contributed by atoms with Gasteiger partial charge < -0.3 is 4.74 Å². The number of pyridine rings is 1. The second-order valence-electron chi connectivity index (χ2n) is 5.09. The van der Waals surface area contributed by atoms with Gasteiger partial charge in [-0.05, 0) is 26.0 Å². The molecule has 0 fully saturated rings. The van der Waals surface area contributed by atoms with Gasteiger partial charge >= 0.3 is 0 Å². The van der Waals surface area contributed by atoms with E-state index in [2.05, 4.69) is 4.98 Å². The van der Waals surface area contributed by atoms with E-state index in [4.69, 9.17) is 16.3 Å². The van der Waals surface area contributed by atoms with Crippen molar-refractivity contribution >= 4 is 27.2 Å². The molecule has 0 saturated carbocycles. The molecule has 1 aromatic heterocycles. The van der Waals surface area contributed by atoms with E-state index in [-0.39, 0.29) is 44.7 Å². The topological polar surface area (TPSA) is 73.3 Å². The van der Waals surface area contributed by atoms with Gasteiger partial charge in [0.15, 0.2) is 21.4 Å². The maximum absolute atomic E-state index is 14.6. The average molecular weight is 372 g/mol. The van der Waals surface area contributed by atoms with E-state index in [0.717, 1.165) is 12.5 Å². The second kappa shape index (κ2) is 6.86. The van der Waals surface area contributed by atoms with Gasteiger partial charge in [-0.15, -0.1) is 0 Å². The third kappa shape index (κ3) is 3.57. The van der Waals surface area contributed by atoms with Gasteiger partial charge in [0.25, 0.3) is 0 Å². The predicted molar refractivity (Wildman–Crippen MR) is 88.9 cm³/mol. The van der Waals surface area contributed by atoms with Crippen molar-refractivity contribution in [3.05, 3.63) is 40.9 Å². The molecule has 2 aromatic rings. The molecule has 0 unspecified atom stereocenters. The third-order valence-corrected chi connectivity index (χ3v) is 4.62. The summed E-state index contributed by atoms with van der Waals surface area (Å²) in [6.07, 6.45) is 3.47. The number of carbonyl (C=O) groups is 1. The van der Waals surface area contributed by atoms with Crippen molar-refractivity contribution in [1.82, 2.24) is 4.98 Å². The van der Waals surface area contributed by atoms with Crippen molar-refractivity contribution in [3.63, 3.8) is 0 Å². The Morgan fingerprint density at radius 2 is 2.00 bits per heavy atom. The Morgan fingerprint density at radius 1 is 1.33 bits per heavy atom. The molecule has 0 N–H and O–H groups in total. The van der Waals surface area contributed by atoms with Gasteiger partial charge in [0, 0.05) is 24.2 Å². The van der Waals surface area contributed by atoms with E-state index in [1.807, 2.05) is 0 Å². The highest BCUT2D eigenvalue weighted by Gasteiger charge is 2.23. The number of rotatable bonds is 5. The largest absolute Gasteiger partial charge is 0.492 e. The number of aromatic nitrogens is 1. The number of halogens is 2. The third-order valence-electron chi connectivity index (χ3n) is 3.27. The maximum Gasteiger partial charge on any atom is 0.177 e. The van der Waals surface area contributed by atoms with E-state index in [1.54, 1.807) is 6.92 Å². The summed E-state index contributed by atoms with van der Waals surface area (Å²) in [6.45, 7) is 3.18. The van der Waals surface area contributed by atoms with Crippen molar-refractivity contribution in [2.24, 2.45) is 0 Å². The molecule has 128 valence electrons. The average Bonchev–Trinajstić information content (AvgIpc) is 2.50. The van der Waals surface area contributed by atoms with Crippen LogP contribution in [0.25, 0.3) is 11.1 Å². The molecule has 0 amide bonds. The van der Waals surface area contributed by atoms with Gasteiger partial charge in [0.1, 0.15) is 5.75 Å². The summed E-state index contributed by atoms with van der Waals surface area (Å²) in [6, 6.07) is 2.46. The molecule has 0 radical (unpaired) electrons. The molecule has 0 aliphatic heterocycles. The fourth-order valence-electron chi connectivity index (χ4n) is 2.18. The van der Waals surface area contributed by atoms with Crippen molar-refractivity contribution in [2.45, 2.75) is 18.7 Å². The number of carbonyl (C=O) groups excluding carboxylic acids is 1. The monoisotopic (exact) mass is 371 g/mol. The Labute approximate surface area is 144 Å². The summed E-state index contributed by atoms with van der Waals surface area (Å²) in [5.41, 5.74) is 0.180. The zero-order valence-corrected chi connectivity index (χ0v) is 14.8. The minimum absolute atomic E-state index is 0.0133. The summed E-state index contributed by atoms with van der Waals surface area (Å²) in [5.74, 6) is -1.15. The van der Waals surface area contributed by atoms with E-state index < -0.39 is 15.7 Å². The van der Waals surface area contributed by atoms with E-state index >= 15 is 0 Å². The lowest BCUT2D eigenvalue weighted by Gasteiger charge is -2.16. The first-order valence-corrected chi connectivity index (χ1v) is 9.25. The molecule has 0 bridgehead atoms. The fraction of sp³-hybridized carbons (Fsp3) is 0.250. The molecular formula is C16H15ClFNO4S. The molecule has 0 atom stereocenters. The SMILES string of the molecule is CCOc1c(C(C)=O)cc(Cl)c(F)c1-c1cncc(S(C)(=O)=O)c1. The summed E-state index contributed by atoms with van der Waals surface area (Å²) in [4.78, 5) is 15.6. The number of hydrogen-bond donors (Lipinski definition) is 0. The number of hydrogen-bond acceptors (Lipinski definition) is 5. The lowest BCUT2D eigenvalue weighted by Crippen LogP contribution is -2.06. The van der Waals surface area contributed by atoms with Gasteiger partial charge in [-0.1, -0.05) is 11.6 Å². The normalized spacial score (nSPS) is 11.4. The van der Waals surface area contributed by atoms with Crippen molar-refractivity contribution in [1.29, 1.82) is 0 Å². The Bertz CT molecular complexity index is 913. The quantitative estimate of drug-likeness (QED) is 0.751. The number of sulfone groups is 1. The fourth-order valence-corrected chi connectivity index (χ4v) is 2.98. The summed E-state index contributed by atoms with van der Waals surface area (Å²) >= 11 is 5.89. The summed E-state index contributed by atoms with van der Waals surface area (Å²) in [7, 11) is -3.53. The van der Waals surface area contributed by atoms with Crippen LogP contribution in [0.1, 0.15) is 24.2 Å². The minimum Gasteiger partial charge on any atom is -0.492 e. The first kappa shape index (κ1) is 18.4.